The summed E-state index contributed by atoms with van der Waals surface area (Å²) in [4.78, 5) is 16.7. The number of nitrogens with one attached hydrogen (secondary N) is 2. The Labute approximate surface area is 188 Å². The number of hydrogen-bond acceptors (Lipinski definition) is 5. The van der Waals surface area contributed by atoms with Crippen molar-refractivity contribution in [2.75, 3.05) is 12.3 Å². The van der Waals surface area contributed by atoms with Crippen LogP contribution in [0.1, 0.15) is 30.7 Å². The fourth-order valence-electron chi connectivity index (χ4n) is 4.11. The Morgan fingerprint density at radius 1 is 1.28 bits per heavy atom. The molecule has 4 N–H and O–H groups in total. The van der Waals surface area contributed by atoms with Crippen LogP contribution < -0.4 is 16.4 Å². The molecular weight excluding hydrogens is 400 g/mol. The number of imidazole rings is 1. The number of benzene rings is 2. The van der Waals surface area contributed by atoms with E-state index < -0.39 is 6.04 Å². The lowest BCUT2D eigenvalue weighted by Gasteiger charge is -2.23. The van der Waals surface area contributed by atoms with Crippen molar-refractivity contribution < 1.29 is 4.79 Å². The molecule has 2 heterocycles. The van der Waals surface area contributed by atoms with Crippen LogP contribution in [0.5, 0.6) is 0 Å². The Balaban J connectivity index is 1.45. The van der Waals surface area contributed by atoms with Crippen LogP contribution in [0.25, 0.3) is 16.8 Å². The highest BCUT2D eigenvalue weighted by molar-refractivity contribution is 5.82. The van der Waals surface area contributed by atoms with Crippen molar-refractivity contribution in [3.8, 4) is 22.9 Å². The molecule has 1 fully saturated rings. The zero-order chi connectivity index (χ0) is 22.5. The van der Waals surface area contributed by atoms with E-state index in [-0.39, 0.29) is 11.9 Å². The smallest absolute Gasteiger partial charge is 0.238 e. The van der Waals surface area contributed by atoms with Gasteiger partial charge in [-0.3, -0.25) is 4.79 Å². The average Bonchev–Trinajstić information content (AvgIpc) is 3.25. The van der Waals surface area contributed by atoms with E-state index in [4.69, 9.17) is 5.73 Å². The third-order valence-electron chi connectivity index (χ3n) is 5.94. The number of nitrogens with zero attached hydrogens (tertiary/aromatic N) is 3. The first-order valence-electron chi connectivity index (χ1n) is 11.0. The van der Waals surface area contributed by atoms with Crippen LogP contribution in [0.3, 0.4) is 0 Å². The Hall–Kier alpha value is -3.63. The molecule has 3 aromatic rings. The minimum Gasteiger partial charge on any atom is -0.397 e. The lowest BCUT2D eigenvalue weighted by molar-refractivity contribution is -0.124. The first-order chi connectivity index (χ1) is 15.5. The van der Waals surface area contributed by atoms with E-state index in [0.29, 0.717) is 12.1 Å². The zero-order valence-corrected chi connectivity index (χ0v) is 18.2. The molecular formula is C25H28N6O. The third kappa shape index (κ3) is 4.82. The number of hydrogen-bond donors (Lipinski definition) is 3. The van der Waals surface area contributed by atoms with Crippen LogP contribution in [0.15, 0.2) is 54.9 Å². The molecule has 4 rings (SSSR count). The van der Waals surface area contributed by atoms with Gasteiger partial charge in [-0.25, -0.2) is 4.98 Å². The van der Waals surface area contributed by atoms with Gasteiger partial charge < -0.3 is 20.9 Å². The molecule has 1 amide bonds. The second-order valence-corrected chi connectivity index (χ2v) is 8.21. The van der Waals surface area contributed by atoms with Gasteiger partial charge in [0.05, 0.1) is 23.5 Å². The summed E-state index contributed by atoms with van der Waals surface area (Å²) in [5.41, 5.74) is 10.9. The molecule has 2 aromatic carbocycles. The number of piperidine rings is 1. The number of aromatic nitrogens is 2. The second kappa shape index (κ2) is 9.67. The summed E-state index contributed by atoms with van der Waals surface area (Å²) >= 11 is 0. The largest absolute Gasteiger partial charge is 0.397 e. The average molecular weight is 429 g/mol. The van der Waals surface area contributed by atoms with Gasteiger partial charge in [0.25, 0.3) is 0 Å². The number of amides is 1. The molecule has 1 aliphatic rings. The second-order valence-electron chi connectivity index (χ2n) is 8.21. The quantitative estimate of drug-likeness (QED) is 0.523. The first-order valence-corrected chi connectivity index (χ1v) is 11.0. The van der Waals surface area contributed by atoms with Crippen molar-refractivity contribution in [3.63, 3.8) is 0 Å². The highest BCUT2D eigenvalue weighted by atomic mass is 16.2. The summed E-state index contributed by atoms with van der Waals surface area (Å²) < 4.78 is 1.97. The van der Waals surface area contributed by atoms with Gasteiger partial charge in [-0.2, -0.15) is 5.26 Å². The van der Waals surface area contributed by atoms with Crippen molar-refractivity contribution in [2.45, 2.75) is 44.7 Å². The Kier molecular flexibility index (Phi) is 6.52. The van der Waals surface area contributed by atoms with Gasteiger partial charge in [0, 0.05) is 18.8 Å². The van der Waals surface area contributed by atoms with Crippen LogP contribution in [-0.2, 0) is 11.2 Å². The number of nitrogen functional groups attached to an aromatic ring is 1. The summed E-state index contributed by atoms with van der Waals surface area (Å²) in [5.74, 6) is 0.786. The van der Waals surface area contributed by atoms with E-state index in [1.807, 2.05) is 54.1 Å². The molecule has 0 bridgehead atoms. The first kappa shape index (κ1) is 21.6. The van der Waals surface area contributed by atoms with Gasteiger partial charge >= 0.3 is 0 Å². The molecule has 164 valence electrons. The predicted molar refractivity (Wildman–Crippen MR) is 125 cm³/mol. The molecule has 32 heavy (non-hydrogen) atoms. The van der Waals surface area contributed by atoms with Crippen LogP contribution in [0.2, 0.25) is 0 Å². The lowest BCUT2D eigenvalue weighted by Crippen LogP contribution is -2.49. The van der Waals surface area contributed by atoms with Crippen LogP contribution in [-0.4, -0.2) is 34.1 Å². The summed E-state index contributed by atoms with van der Waals surface area (Å²) in [5, 5.41) is 15.6. The molecule has 0 radical (unpaired) electrons. The minimum absolute atomic E-state index is 0.0860. The van der Waals surface area contributed by atoms with Gasteiger partial charge in [-0.1, -0.05) is 36.8 Å². The summed E-state index contributed by atoms with van der Waals surface area (Å²) in [6.07, 6.45) is 7.07. The normalized spacial score (nSPS) is 16.8. The maximum absolute atomic E-state index is 12.4. The molecule has 0 aliphatic carbocycles. The molecule has 7 heteroatoms. The summed E-state index contributed by atoms with van der Waals surface area (Å²) in [6.45, 7) is 2.79. The van der Waals surface area contributed by atoms with Crippen LogP contribution in [0, 0.1) is 18.3 Å². The van der Waals surface area contributed by atoms with Crippen molar-refractivity contribution in [2.24, 2.45) is 0 Å². The fourth-order valence-corrected chi connectivity index (χ4v) is 4.11. The SMILES string of the molecule is Cc1nccn1-c1cc(-c2ccc(C[C@@H](C#N)NC(=O)[C@@H]3CCCCN3)cc2)ccc1N. The van der Waals surface area contributed by atoms with Crippen LogP contribution in [0.4, 0.5) is 5.69 Å². The van der Waals surface area contributed by atoms with Gasteiger partial charge in [0.2, 0.25) is 5.91 Å². The fraction of sp³-hybridized carbons (Fsp3) is 0.320. The monoisotopic (exact) mass is 428 g/mol. The van der Waals surface area contributed by atoms with E-state index in [2.05, 4.69) is 27.8 Å². The number of carbonyl (C=O) groups excluding carboxylic acids is 1. The molecule has 1 aliphatic heterocycles. The van der Waals surface area contributed by atoms with E-state index in [1.165, 1.54) is 0 Å². The topological polar surface area (TPSA) is 109 Å². The highest BCUT2D eigenvalue weighted by Gasteiger charge is 2.23. The molecule has 0 unspecified atom stereocenters. The molecule has 2 atom stereocenters. The summed E-state index contributed by atoms with van der Waals surface area (Å²) in [6, 6.07) is 15.5. The van der Waals surface area contributed by atoms with Gasteiger partial charge in [0.1, 0.15) is 11.9 Å². The molecule has 0 spiro atoms. The number of nitriles is 1. The lowest BCUT2D eigenvalue weighted by atomic mass is 9.99. The molecule has 7 nitrogen and oxygen atoms in total. The van der Waals surface area contributed by atoms with E-state index in [9.17, 15) is 10.1 Å². The zero-order valence-electron chi connectivity index (χ0n) is 18.2. The Morgan fingerprint density at radius 3 is 2.72 bits per heavy atom. The number of nitrogens with two attached hydrogens (primary N) is 1. The molecule has 1 aromatic heterocycles. The summed E-state index contributed by atoms with van der Waals surface area (Å²) in [7, 11) is 0. The molecule has 0 saturated carbocycles. The number of anilines is 1. The van der Waals surface area contributed by atoms with Gasteiger partial charge in [-0.05, 0) is 55.1 Å². The number of carbonyl (C=O) groups is 1. The predicted octanol–water partition coefficient (Wildman–Crippen LogP) is 3.12. The van der Waals surface area contributed by atoms with E-state index in [0.717, 1.165) is 54.0 Å². The van der Waals surface area contributed by atoms with E-state index in [1.54, 1.807) is 6.20 Å². The van der Waals surface area contributed by atoms with Crippen LogP contribution >= 0.6 is 0 Å². The standard InChI is InChI=1S/C25H28N6O/c1-17-28-12-13-31(17)24-15-20(9-10-22(24)27)19-7-5-18(6-8-19)14-21(16-26)30-25(32)23-4-2-3-11-29-23/h5-10,12-13,15,21,23,29H,2-4,11,14,27H2,1H3,(H,30,32)/t21-,23-/m0/s1. The van der Waals surface area contributed by atoms with Crippen molar-refractivity contribution >= 4 is 11.6 Å². The van der Waals surface area contributed by atoms with Crippen molar-refractivity contribution in [1.82, 2.24) is 20.2 Å². The Bertz CT molecular complexity index is 1120. The minimum atomic E-state index is -0.551. The highest BCUT2D eigenvalue weighted by Crippen LogP contribution is 2.27. The number of rotatable bonds is 6. The maximum atomic E-state index is 12.4. The third-order valence-corrected chi connectivity index (χ3v) is 5.94. The van der Waals surface area contributed by atoms with Crippen molar-refractivity contribution in [3.05, 3.63) is 66.2 Å². The Morgan fingerprint density at radius 2 is 2.06 bits per heavy atom. The number of aryl methyl sites for hydroxylation is 1. The maximum Gasteiger partial charge on any atom is 0.238 e. The van der Waals surface area contributed by atoms with Gasteiger partial charge in [0.15, 0.2) is 0 Å². The van der Waals surface area contributed by atoms with E-state index >= 15 is 0 Å². The molecule has 1 saturated heterocycles. The van der Waals surface area contributed by atoms with Gasteiger partial charge in [-0.15, -0.1) is 0 Å². The van der Waals surface area contributed by atoms with Crippen molar-refractivity contribution in [1.29, 1.82) is 5.26 Å².